The summed E-state index contributed by atoms with van der Waals surface area (Å²) < 4.78 is 11.0. The third-order valence-electron chi connectivity index (χ3n) is 4.06. The second-order valence-electron chi connectivity index (χ2n) is 5.96. The standard InChI is InChI=1S/C18H28N2O3/c1-3-23-17-8-6-7-16(11-17)12-19-18(21)14-22-13-15(2)20-9-4-5-10-20/h6-8,11,15H,3-5,9-10,12-14H2,1-2H3,(H,19,21). The van der Waals surface area contributed by atoms with Gasteiger partial charge in [-0.05, 0) is 57.5 Å². The van der Waals surface area contributed by atoms with Gasteiger partial charge in [-0.1, -0.05) is 12.1 Å². The van der Waals surface area contributed by atoms with Crippen LogP contribution in [0.1, 0.15) is 32.3 Å². The second kappa shape index (κ2) is 9.53. The molecule has 2 rings (SSSR count). The van der Waals surface area contributed by atoms with Crippen LogP contribution in [-0.4, -0.2) is 49.8 Å². The van der Waals surface area contributed by atoms with Gasteiger partial charge < -0.3 is 14.8 Å². The lowest BCUT2D eigenvalue weighted by Gasteiger charge is -2.23. The molecule has 1 aliphatic rings. The Morgan fingerprint density at radius 1 is 1.35 bits per heavy atom. The van der Waals surface area contributed by atoms with Crippen LogP contribution in [0.3, 0.4) is 0 Å². The average Bonchev–Trinajstić information content (AvgIpc) is 3.08. The number of nitrogens with one attached hydrogen (secondary N) is 1. The van der Waals surface area contributed by atoms with E-state index in [0.29, 0.717) is 25.8 Å². The van der Waals surface area contributed by atoms with Crippen molar-refractivity contribution in [1.29, 1.82) is 0 Å². The molecule has 5 nitrogen and oxygen atoms in total. The van der Waals surface area contributed by atoms with Crippen LogP contribution in [0.2, 0.25) is 0 Å². The van der Waals surface area contributed by atoms with Crippen molar-refractivity contribution in [3.05, 3.63) is 29.8 Å². The Labute approximate surface area is 139 Å². The zero-order chi connectivity index (χ0) is 16.5. The number of amides is 1. The van der Waals surface area contributed by atoms with Gasteiger partial charge in [0.25, 0.3) is 0 Å². The van der Waals surface area contributed by atoms with Crippen LogP contribution in [-0.2, 0) is 16.1 Å². The molecule has 0 spiro atoms. The van der Waals surface area contributed by atoms with E-state index in [1.165, 1.54) is 12.8 Å². The Balaban J connectivity index is 1.63. The van der Waals surface area contributed by atoms with Crippen molar-refractivity contribution in [3.63, 3.8) is 0 Å². The molecule has 0 aromatic heterocycles. The maximum absolute atomic E-state index is 11.8. The summed E-state index contributed by atoms with van der Waals surface area (Å²) in [6, 6.07) is 8.14. The van der Waals surface area contributed by atoms with Gasteiger partial charge in [-0.15, -0.1) is 0 Å². The number of rotatable bonds is 9. The zero-order valence-corrected chi connectivity index (χ0v) is 14.2. The number of ether oxygens (including phenoxy) is 2. The van der Waals surface area contributed by atoms with Crippen molar-refractivity contribution in [3.8, 4) is 5.75 Å². The highest BCUT2D eigenvalue weighted by Crippen LogP contribution is 2.13. The van der Waals surface area contributed by atoms with E-state index < -0.39 is 0 Å². The molecule has 1 saturated heterocycles. The van der Waals surface area contributed by atoms with Crippen LogP contribution in [0.25, 0.3) is 0 Å². The predicted molar refractivity (Wildman–Crippen MR) is 90.5 cm³/mol. The molecule has 0 radical (unpaired) electrons. The molecule has 0 saturated carbocycles. The van der Waals surface area contributed by atoms with Crippen LogP contribution >= 0.6 is 0 Å². The van der Waals surface area contributed by atoms with Crippen molar-refractivity contribution < 1.29 is 14.3 Å². The molecule has 1 heterocycles. The number of hydrogen-bond donors (Lipinski definition) is 1. The molecule has 1 fully saturated rings. The van der Waals surface area contributed by atoms with E-state index in [9.17, 15) is 4.79 Å². The van der Waals surface area contributed by atoms with Crippen LogP contribution in [0.5, 0.6) is 5.75 Å². The lowest BCUT2D eigenvalue weighted by molar-refractivity contribution is -0.126. The smallest absolute Gasteiger partial charge is 0.246 e. The Bertz CT molecular complexity index is 487. The van der Waals surface area contributed by atoms with Crippen molar-refractivity contribution >= 4 is 5.91 Å². The summed E-state index contributed by atoms with van der Waals surface area (Å²) in [5.41, 5.74) is 1.02. The van der Waals surface area contributed by atoms with Crippen molar-refractivity contribution in [2.24, 2.45) is 0 Å². The lowest BCUT2D eigenvalue weighted by atomic mass is 10.2. The van der Waals surface area contributed by atoms with Gasteiger partial charge in [0.15, 0.2) is 0 Å². The third kappa shape index (κ3) is 6.20. The molecule has 1 amide bonds. The lowest BCUT2D eigenvalue weighted by Crippen LogP contribution is -2.35. The Hall–Kier alpha value is -1.59. The Kier molecular flexibility index (Phi) is 7.36. The molecule has 0 bridgehead atoms. The van der Waals surface area contributed by atoms with Crippen LogP contribution in [0.15, 0.2) is 24.3 Å². The number of hydrogen-bond acceptors (Lipinski definition) is 4. The SMILES string of the molecule is CCOc1cccc(CNC(=O)COCC(C)N2CCCC2)c1. The molecule has 1 aliphatic heterocycles. The number of benzene rings is 1. The van der Waals surface area contributed by atoms with E-state index in [2.05, 4.69) is 17.1 Å². The molecular formula is C18H28N2O3. The summed E-state index contributed by atoms with van der Waals surface area (Å²) in [6.45, 7) is 8.25. The molecule has 23 heavy (non-hydrogen) atoms. The second-order valence-corrected chi connectivity index (χ2v) is 5.96. The minimum Gasteiger partial charge on any atom is -0.494 e. The van der Waals surface area contributed by atoms with E-state index in [0.717, 1.165) is 24.4 Å². The van der Waals surface area contributed by atoms with Crippen molar-refractivity contribution in [2.75, 3.05) is 32.9 Å². The summed E-state index contributed by atoms with van der Waals surface area (Å²) in [6.07, 6.45) is 2.54. The van der Waals surface area contributed by atoms with E-state index in [1.54, 1.807) is 0 Å². The fraction of sp³-hybridized carbons (Fsp3) is 0.611. The summed E-state index contributed by atoms with van der Waals surface area (Å²) >= 11 is 0. The van der Waals surface area contributed by atoms with Gasteiger partial charge in [-0.3, -0.25) is 9.69 Å². The maximum Gasteiger partial charge on any atom is 0.246 e. The van der Waals surface area contributed by atoms with Gasteiger partial charge in [0, 0.05) is 12.6 Å². The molecule has 5 heteroatoms. The van der Waals surface area contributed by atoms with E-state index in [-0.39, 0.29) is 12.5 Å². The normalized spacial score (nSPS) is 16.3. The molecular weight excluding hydrogens is 292 g/mol. The molecule has 1 unspecified atom stereocenters. The number of nitrogens with zero attached hydrogens (tertiary/aromatic N) is 1. The predicted octanol–water partition coefficient (Wildman–Crippen LogP) is 2.20. The topological polar surface area (TPSA) is 50.8 Å². The quantitative estimate of drug-likeness (QED) is 0.758. The first-order chi connectivity index (χ1) is 11.2. The fourth-order valence-corrected chi connectivity index (χ4v) is 2.77. The first-order valence-corrected chi connectivity index (χ1v) is 8.49. The minimum absolute atomic E-state index is 0.0829. The van der Waals surface area contributed by atoms with Gasteiger partial charge in [-0.25, -0.2) is 0 Å². The zero-order valence-electron chi connectivity index (χ0n) is 14.2. The summed E-state index contributed by atoms with van der Waals surface area (Å²) in [7, 11) is 0. The van der Waals surface area contributed by atoms with Crippen LogP contribution in [0.4, 0.5) is 0 Å². The molecule has 1 atom stereocenters. The van der Waals surface area contributed by atoms with Crippen LogP contribution < -0.4 is 10.1 Å². The third-order valence-corrected chi connectivity index (χ3v) is 4.06. The monoisotopic (exact) mass is 320 g/mol. The summed E-state index contributed by atoms with van der Waals surface area (Å²) in [4.78, 5) is 14.3. The highest BCUT2D eigenvalue weighted by atomic mass is 16.5. The molecule has 1 aromatic rings. The Morgan fingerprint density at radius 2 is 2.13 bits per heavy atom. The van der Waals surface area contributed by atoms with Gasteiger partial charge >= 0.3 is 0 Å². The first kappa shape index (κ1) is 17.8. The molecule has 128 valence electrons. The van der Waals surface area contributed by atoms with E-state index >= 15 is 0 Å². The molecule has 1 aromatic carbocycles. The highest BCUT2D eigenvalue weighted by Gasteiger charge is 2.18. The summed E-state index contributed by atoms with van der Waals surface area (Å²) in [5, 5.41) is 2.88. The van der Waals surface area contributed by atoms with Crippen LogP contribution in [0, 0.1) is 0 Å². The largest absolute Gasteiger partial charge is 0.494 e. The molecule has 0 aliphatic carbocycles. The fourth-order valence-electron chi connectivity index (χ4n) is 2.77. The number of carbonyl (C=O) groups excluding carboxylic acids is 1. The van der Waals surface area contributed by atoms with Gasteiger partial charge in [0.05, 0.1) is 13.2 Å². The van der Waals surface area contributed by atoms with E-state index in [4.69, 9.17) is 9.47 Å². The van der Waals surface area contributed by atoms with Gasteiger partial charge in [0.1, 0.15) is 12.4 Å². The minimum atomic E-state index is -0.0829. The van der Waals surface area contributed by atoms with Gasteiger partial charge in [-0.2, -0.15) is 0 Å². The average molecular weight is 320 g/mol. The summed E-state index contributed by atoms with van der Waals surface area (Å²) in [5.74, 6) is 0.746. The number of carbonyl (C=O) groups is 1. The van der Waals surface area contributed by atoms with Gasteiger partial charge in [0.2, 0.25) is 5.91 Å². The highest BCUT2D eigenvalue weighted by molar-refractivity contribution is 5.77. The molecule has 1 N–H and O–H groups in total. The van der Waals surface area contributed by atoms with E-state index in [1.807, 2.05) is 31.2 Å². The number of likely N-dealkylation sites (tertiary alicyclic amines) is 1. The maximum atomic E-state index is 11.8. The first-order valence-electron chi connectivity index (χ1n) is 8.49. The Morgan fingerprint density at radius 3 is 2.87 bits per heavy atom. The van der Waals surface area contributed by atoms with Crippen molar-refractivity contribution in [1.82, 2.24) is 10.2 Å². The van der Waals surface area contributed by atoms with Crippen molar-refractivity contribution in [2.45, 2.75) is 39.3 Å².